The van der Waals surface area contributed by atoms with Gasteiger partial charge in [-0.25, -0.2) is 0 Å². The Labute approximate surface area is 138 Å². The molecule has 0 aromatic carbocycles. The normalized spacial score (nSPS) is 10.7. The summed E-state index contributed by atoms with van der Waals surface area (Å²) >= 11 is 0. The maximum Gasteiger partial charge on any atom is 0.00279 e. The Kier molecular flexibility index (Phi) is 24.8. The Morgan fingerprint density at radius 1 is 0.450 bits per heavy atom. The van der Waals surface area contributed by atoms with Crippen molar-refractivity contribution in [1.29, 1.82) is 0 Å². The van der Waals surface area contributed by atoms with Gasteiger partial charge in [-0.3, -0.25) is 0 Å². The van der Waals surface area contributed by atoms with E-state index in [0.717, 1.165) is 0 Å². The molecule has 0 atom stereocenters. The molecule has 0 fully saturated rings. The molecule has 0 spiro atoms. The third-order valence-electron chi connectivity index (χ3n) is 4.21. The highest BCUT2D eigenvalue weighted by atomic mass is 35.5. The van der Waals surface area contributed by atoms with Gasteiger partial charge in [0.1, 0.15) is 0 Å². The fraction of sp³-hybridized carbons (Fsp3) is 1.00. The lowest BCUT2D eigenvalue weighted by molar-refractivity contribution is 0.531. The number of hydrogen-bond acceptors (Lipinski definition) is 0. The summed E-state index contributed by atoms with van der Waals surface area (Å²) in [7, 11) is 1.41. The lowest BCUT2D eigenvalue weighted by Gasteiger charge is -2.03. The molecule has 0 amide bonds. The van der Waals surface area contributed by atoms with Crippen molar-refractivity contribution in [2.45, 2.75) is 116 Å². The van der Waals surface area contributed by atoms with E-state index >= 15 is 0 Å². The molecule has 0 saturated heterocycles. The summed E-state index contributed by atoms with van der Waals surface area (Å²) < 4.78 is 0. The smallest absolute Gasteiger partial charge is 0.00279 e. The molecule has 0 radical (unpaired) electrons. The van der Waals surface area contributed by atoms with Gasteiger partial charge >= 0.3 is 0 Å². The first-order valence-corrected chi connectivity index (χ1v) is 10.8. The van der Waals surface area contributed by atoms with Crippen LogP contribution in [0.2, 0.25) is 6.04 Å². The van der Waals surface area contributed by atoms with Gasteiger partial charge in [-0.2, -0.15) is 0 Å². The summed E-state index contributed by atoms with van der Waals surface area (Å²) in [6, 6.07) is 1.51. The summed E-state index contributed by atoms with van der Waals surface area (Å²) in [6.07, 6.45) is 23.7. The highest BCUT2D eigenvalue weighted by molar-refractivity contribution is 6.08. The minimum Gasteiger partial charge on any atom is -0.147 e. The van der Waals surface area contributed by atoms with E-state index in [2.05, 4.69) is 6.92 Å². The van der Waals surface area contributed by atoms with Gasteiger partial charge in [0.05, 0.1) is 0 Å². The van der Waals surface area contributed by atoms with Gasteiger partial charge in [0.15, 0.2) is 0 Å². The van der Waals surface area contributed by atoms with E-state index in [-0.39, 0.29) is 12.4 Å². The molecule has 0 aromatic heterocycles. The van der Waals surface area contributed by atoms with Gasteiger partial charge in [-0.1, -0.05) is 116 Å². The third-order valence-corrected chi connectivity index (χ3v) is 4.91. The molecule has 0 rings (SSSR count). The average molecular weight is 321 g/mol. The lowest BCUT2D eigenvalue weighted by Crippen LogP contribution is -1.83. The first-order chi connectivity index (χ1) is 9.41. The van der Waals surface area contributed by atoms with E-state index in [0.29, 0.717) is 0 Å². The van der Waals surface area contributed by atoms with Crippen molar-refractivity contribution in [3.63, 3.8) is 0 Å². The van der Waals surface area contributed by atoms with Crippen molar-refractivity contribution < 1.29 is 0 Å². The molecule has 124 valence electrons. The molecule has 0 nitrogen and oxygen atoms in total. The van der Waals surface area contributed by atoms with Crippen LogP contribution in [0, 0.1) is 0 Å². The van der Waals surface area contributed by atoms with Crippen LogP contribution in [0.15, 0.2) is 0 Å². The van der Waals surface area contributed by atoms with Crippen molar-refractivity contribution in [2.24, 2.45) is 0 Å². The van der Waals surface area contributed by atoms with Crippen LogP contribution in [0.4, 0.5) is 0 Å². The Balaban J connectivity index is 0. The molecule has 0 aliphatic carbocycles. The standard InChI is InChI=1S/C18H40Si.ClH/c1-2-3-4-5-6-7-8-9-10-11-12-13-14-15-16-17-18-19;/h2-18H2,1,19H3;1H. The molecule has 0 heterocycles. The summed E-state index contributed by atoms with van der Waals surface area (Å²) in [5, 5.41) is 0. The first-order valence-electron chi connectivity index (χ1n) is 9.41. The minimum atomic E-state index is 0. The number of unbranched alkanes of at least 4 members (excludes halogenated alkanes) is 15. The second kappa shape index (κ2) is 21.8. The molecule has 0 aliphatic heterocycles. The van der Waals surface area contributed by atoms with Gasteiger partial charge in [0.25, 0.3) is 0 Å². The minimum absolute atomic E-state index is 0. The van der Waals surface area contributed by atoms with Crippen LogP contribution in [-0.4, -0.2) is 10.2 Å². The fourth-order valence-electron chi connectivity index (χ4n) is 2.80. The predicted octanol–water partition coefficient (Wildman–Crippen LogP) is 6.45. The van der Waals surface area contributed by atoms with Gasteiger partial charge in [-0.15, -0.1) is 12.4 Å². The zero-order chi connectivity index (χ0) is 14.0. The van der Waals surface area contributed by atoms with E-state index in [9.17, 15) is 0 Å². The second-order valence-corrected chi connectivity index (χ2v) is 7.30. The van der Waals surface area contributed by atoms with Crippen LogP contribution in [0.5, 0.6) is 0 Å². The zero-order valence-electron chi connectivity index (χ0n) is 14.4. The van der Waals surface area contributed by atoms with Gasteiger partial charge < -0.3 is 0 Å². The molecule has 0 N–H and O–H groups in total. The van der Waals surface area contributed by atoms with Gasteiger partial charge in [0, 0.05) is 10.2 Å². The van der Waals surface area contributed by atoms with Gasteiger partial charge in [0.2, 0.25) is 0 Å². The highest BCUT2D eigenvalue weighted by Gasteiger charge is 1.94. The number of hydrogen-bond donors (Lipinski definition) is 0. The number of halogens is 1. The maximum atomic E-state index is 2.30. The zero-order valence-corrected chi connectivity index (χ0v) is 17.2. The molecule has 0 aromatic rings. The van der Waals surface area contributed by atoms with Gasteiger partial charge in [-0.05, 0) is 0 Å². The van der Waals surface area contributed by atoms with E-state index < -0.39 is 0 Å². The van der Waals surface area contributed by atoms with Crippen LogP contribution < -0.4 is 0 Å². The maximum absolute atomic E-state index is 2.30. The summed E-state index contributed by atoms with van der Waals surface area (Å²) in [6.45, 7) is 2.30. The van der Waals surface area contributed by atoms with Crippen molar-refractivity contribution in [2.75, 3.05) is 0 Å². The Morgan fingerprint density at radius 3 is 0.950 bits per heavy atom. The van der Waals surface area contributed by atoms with E-state index in [1.807, 2.05) is 0 Å². The molecule has 0 unspecified atom stereocenters. The van der Waals surface area contributed by atoms with Crippen LogP contribution in [0.25, 0.3) is 0 Å². The van der Waals surface area contributed by atoms with Crippen LogP contribution in [-0.2, 0) is 0 Å². The fourth-order valence-corrected chi connectivity index (χ4v) is 3.30. The predicted molar refractivity (Wildman–Crippen MR) is 102 cm³/mol. The van der Waals surface area contributed by atoms with Crippen molar-refractivity contribution in [3.05, 3.63) is 0 Å². The first kappa shape index (κ1) is 22.8. The molecular weight excluding hydrogens is 280 g/mol. The molecule has 0 aliphatic rings. The molecule has 2 heteroatoms. The molecular formula is C18H41ClSi. The Morgan fingerprint density at radius 2 is 0.700 bits per heavy atom. The topological polar surface area (TPSA) is 0 Å². The Bertz CT molecular complexity index is 134. The summed E-state index contributed by atoms with van der Waals surface area (Å²) in [5.74, 6) is 0. The molecule has 0 saturated carbocycles. The van der Waals surface area contributed by atoms with Crippen molar-refractivity contribution >= 4 is 22.6 Å². The average Bonchev–Trinajstić information content (AvgIpc) is 2.43. The quantitative estimate of drug-likeness (QED) is 0.226. The van der Waals surface area contributed by atoms with Crippen LogP contribution in [0.1, 0.15) is 110 Å². The number of rotatable bonds is 16. The van der Waals surface area contributed by atoms with E-state index in [4.69, 9.17) is 0 Å². The monoisotopic (exact) mass is 320 g/mol. The largest absolute Gasteiger partial charge is 0.147 e. The summed E-state index contributed by atoms with van der Waals surface area (Å²) in [5.41, 5.74) is 0. The molecule has 0 bridgehead atoms. The second-order valence-electron chi connectivity index (χ2n) is 6.30. The molecule has 20 heavy (non-hydrogen) atoms. The van der Waals surface area contributed by atoms with Crippen molar-refractivity contribution in [1.82, 2.24) is 0 Å². The van der Waals surface area contributed by atoms with E-state index in [1.54, 1.807) is 0 Å². The lowest BCUT2D eigenvalue weighted by atomic mass is 10.0. The van der Waals surface area contributed by atoms with Crippen LogP contribution >= 0.6 is 12.4 Å². The van der Waals surface area contributed by atoms with Crippen molar-refractivity contribution in [3.8, 4) is 0 Å². The SMILES string of the molecule is CCCCCCCCCCCCCCCCCC[SiH3].Cl. The van der Waals surface area contributed by atoms with E-state index in [1.165, 1.54) is 119 Å². The summed E-state index contributed by atoms with van der Waals surface area (Å²) in [4.78, 5) is 0. The van der Waals surface area contributed by atoms with Crippen LogP contribution in [0.3, 0.4) is 0 Å². The Hall–Kier alpha value is 0.507. The highest BCUT2D eigenvalue weighted by Crippen LogP contribution is 2.13. The third kappa shape index (κ3) is 20.8.